The van der Waals surface area contributed by atoms with Crippen molar-refractivity contribution in [1.82, 2.24) is 25.0 Å². The van der Waals surface area contributed by atoms with Crippen LogP contribution in [0.2, 0.25) is 0 Å². The summed E-state index contributed by atoms with van der Waals surface area (Å²) in [5.41, 5.74) is 0.121. The molecular formula is C27H33N5O4. The van der Waals surface area contributed by atoms with Gasteiger partial charge < -0.3 is 19.2 Å². The summed E-state index contributed by atoms with van der Waals surface area (Å²) < 4.78 is 7.55. The number of carbonyl (C=O) groups is 2. The van der Waals surface area contributed by atoms with Crippen molar-refractivity contribution >= 4 is 11.8 Å². The largest absolute Gasteiger partial charge is 0.419 e. The number of nitrogens with one attached hydrogen (secondary N) is 1. The lowest BCUT2D eigenvalue weighted by Crippen LogP contribution is -2.38. The van der Waals surface area contributed by atoms with Crippen molar-refractivity contribution in [2.24, 2.45) is 5.92 Å². The van der Waals surface area contributed by atoms with Crippen LogP contribution in [-0.2, 0) is 13.1 Å². The molecule has 0 radical (unpaired) electrons. The van der Waals surface area contributed by atoms with E-state index in [-0.39, 0.29) is 29.6 Å². The first-order valence-electron chi connectivity index (χ1n) is 12.5. The molecule has 1 aromatic carbocycles. The molecule has 3 aromatic rings. The molecule has 0 aliphatic heterocycles. The summed E-state index contributed by atoms with van der Waals surface area (Å²) in [7, 11) is 1.57. The summed E-state index contributed by atoms with van der Waals surface area (Å²) in [4.78, 5) is 40.8. The Hall–Kier alpha value is -3.75. The minimum atomic E-state index is -0.583. The molecule has 2 aromatic heterocycles. The standard InChI is InChI=1S/C27H33N5O4/c1-18(2)28-25(34)21-15-32(14-19-10-6-4-7-11-19)16-22(24(21)33)27(35)31(3)17-23-29-30-26(36-23)20-12-8-5-9-13-20/h5,8-9,12-13,15-16,18-19H,4,6-7,10-11,14,17H2,1-3H3,(H,28,34). The normalized spacial score (nSPS) is 14.1. The van der Waals surface area contributed by atoms with E-state index in [1.165, 1.54) is 24.2 Å². The first-order valence-corrected chi connectivity index (χ1v) is 12.5. The number of amides is 2. The summed E-state index contributed by atoms with van der Waals surface area (Å²) in [5.74, 6) is 0.0810. The number of hydrogen-bond donors (Lipinski definition) is 1. The van der Waals surface area contributed by atoms with Gasteiger partial charge in [-0.2, -0.15) is 0 Å². The van der Waals surface area contributed by atoms with E-state index in [1.807, 2.05) is 48.7 Å². The van der Waals surface area contributed by atoms with Crippen LogP contribution in [0, 0.1) is 5.92 Å². The van der Waals surface area contributed by atoms with Crippen molar-refractivity contribution in [3.63, 3.8) is 0 Å². The summed E-state index contributed by atoms with van der Waals surface area (Å²) in [6, 6.07) is 9.21. The molecule has 0 spiro atoms. The van der Waals surface area contributed by atoms with Crippen molar-refractivity contribution in [2.45, 2.75) is 65.1 Å². The Kier molecular flexibility index (Phi) is 7.97. The highest BCUT2D eigenvalue weighted by Crippen LogP contribution is 2.25. The van der Waals surface area contributed by atoms with E-state index < -0.39 is 17.2 Å². The zero-order valence-electron chi connectivity index (χ0n) is 21.1. The van der Waals surface area contributed by atoms with E-state index in [1.54, 1.807) is 19.4 Å². The van der Waals surface area contributed by atoms with Gasteiger partial charge in [-0.05, 0) is 44.7 Å². The summed E-state index contributed by atoms with van der Waals surface area (Å²) in [6.45, 7) is 4.35. The topological polar surface area (TPSA) is 110 Å². The van der Waals surface area contributed by atoms with E-state index in [2.05, 4.69) is 15.5 Å². The number of hydrogen-bond acceptors (Lipinski definition) is 6. The summed E-state index contributed by atoms with van der Waals surface area (Å²) in [5, 5.41) is 10.9. The molecule has 1 aliphatic rings. The number of carbonyl (C=O) groups excluding carboxylic acids is 2. The van der Waals surface area contributed by atoms with Gasteiger partial charge in [0.15, 0.2) is 0 Å². The lowest BCUT2D eigenvalue weighted by molar-refractivity contribution is 0.0770. The second kappa shape index (κ2) is 11.3. The second-order valence-electron chi connectivity index (χ2n) is 9.77. The number of rotatable bonds is 8. The van der Waals surface area contributed by atoms with Crippen LogP contribution in [0.1, 0.15) is 72.6 Å². The number of benzene rings is 1. The fraction of sp³-hybridized carbons (Fsp3) is 0.444. The summed E-state index contributed by atoms with van der Waals surface area (Å²) in [6.07, 6.45) is 8.94. The Labute approximate surface area is 210 Å². The fourth-order valence-electron chi connectivity index (χ4n) is 4.55. The third kappa shape index (κ3) is 6.08. The van der Waals surface area contributed by atoms with E-state index >= 15 is 0 Å². The van der Waals surface area contributed by atoms with Crippen LogP contribution in [-0.4, -0.2) is 44.6 Å². The van der Waals surface area contributed by atoms with Crippen LogP contribution in [0.15, 0.2) is 51.9 Å². The zero-order valence-corrected chi connectivity index (χ0v) is 21.1. The molecule has 190 valence electrons. The third-order valence-electron chi connectivity index (χ3n) is 6.37. The first kappa shape index (κ1) is 25.3. The SMILES string of the molecule is CC(C)NC(=O)c1cn(CC2CCCCC2)cc(C(=O)N(C)Cc2nnc(-c3ccccc3)o2)c1=O. The van der Waals surface area contributed by atoms with Crippen molar-refractivity contribution in [3.8, 4) is 11.5 Å². The van der Waals surface area contributed by atoms with Crippen molar-refractivity contribution in [3.05, 3.63) is 70.0 Å². The Morgan fingerprint density at radius 3 is 2.47 bits per heavy atom. The first-order chi connectivity index (χ1) is 17.3. The minimum Gasteiger partial charge on any atom is -0.419 e. The van der Waals surface area contributed by atoms with Gasteiger partial charge in [0.2, 0.25) is 17.2 Å². The van der Waals surface area contributed by atoms with Crippen LogP contribution >= 0.6 is 0 Å². The van der Waals surface area contributed by atoms with Gasteiger partial charge in [0.05, 0.1) is 6.54 Å². The molecule has 4 rings (SSSR count). The van der Waals surface area contributed by atoms with Crippen LogP contribution in [0.25, 0.3) is 11.5 Å². The third-order valence-corrected chi connectivity index (χ3v) is 6.37. The predicted octanol–water partition coefficient (Wildman–Crippen LogP) is 3.89. The number of nitrogens with zero attached hydrogens (tertiary/aromatic N) is 4. The van der Waals surface area contributed by atoms with Gasteiger partial charge in [0, 0.05) is 37.6 Å². The molecule has 2 heterocycles. The van der Waals surface area contributed by atoms with Crippen LogP contribution < -0.4 is 10.7 Å². The molecule has 9 heteroatoms. The van der Waals surface area contributed by atoms with Crippen molar-refractivity contribution < 1.29 is 14.0 Å². The number of pyridine rings is 1. The zero-order chi connectivity index (χ0) is 25.7. The van der Waals surface area contributed by atoms with E-state index in [0.717, 1.165) is 18.4 Å². The quantitative estimate of drug-likeness (QED) is 0.512. The molecule has 1 aliphatic carbocycles. The Morgan fingerprint density at radius 1 is 1.08 bits per heavy atom. The maximum absolute atomic E-state index is 13.4. The van der Waals surface area contributed by atoms with Crippen LogP contribution in [0.4, 0.5) is 0 Å². The second-order valence-corrected chi connectivity index (χ2v) is 9.77. The monoisotopic (exact) mass is 491 g/mol. The molecule has 0 atom stereocenters. The highest BCUT2D eigenvalue weighted by Gasteiger charge is 2.24. The van der Waals surface area contributed by atoms with Gasteiger partial charge in [-0.15, -0.1) is 10.2 Å². The Bertz CT molecular complexity index is 1260. The predicted molar refractivity (Wildman–Crippen MR) is 135 cm³/mol. The molecule has 9 nitrogen and oxygen atoms in total. The average Bonchev–Trinajstić information content (AvgIpc) is 3.33. The van der Waals surface area contributed by atoms with Crippen LogP contribution in [0.3, 0.4) is 0 Å². The summed E-state index contributed by atoms with van der Waals surface area (Å²) >= 11 is 0. The number of aromatic nitrogens is 3. The lowest BCUT2D eigenvalue weighted by Gasteiger charge is -2.24. The molecule has 0 saturated heterocycles. The molecule has 2 amide bonds. The van der Waals surface area contributed by atoms with Gasteiger partial charge in [0.1, 0.15) is 11.1 Å². The minimum absolute atomic E-state index is 0.0251. The molecule has 1 fully saturated rings. The van der Waals surface area contributed by atoms with Gasteiger partial charge in [-0.3, -0.25) is 14.4 Å². The fourth-order valence-corrected chi connectivity index (χ4v) is 4.55. The van der Waals surface area contributed by atoms with Crippen LogP contribution in [0.5, 0.6) is 0 Å². The van der Waals surface area contributed by atoms with E-state index in [9.17, 15) is 14.4 Å². The Balaban J connectivity index is 1.58. The molecule has 36 heavy (non-hydrogen) atoms. The van der Waals surface area contributed by atoms with Crippen molar-refractivity contribution in [1.29, 1.82) is 0 Å². The van der Waals surface area contributed by atoms with E-state index in [0.29, 0.717) is 18.4 Å². The van der Waals surface area contributed by atoms with Gasteiger partial charge >= 0.3 is 0 Å². The van der Waals surface area contributed by atoms with E-state index in [4.69, 9.17) is 4.42 Å². The van der Waals surface area contributed by atoms with Gasteiger partial charge in [-0.1, -0.05) is 37.5 Å². The molecular weight excluding hydrogens is 458 g/mol. The maximum atomic E-state index is 13.4. The highest BCUT2D eigenvalue weighted by molar-refractivity contribution is 5.99. The smallest absolute Gasteiger partial charge is 0.259 e. The van der Waals surface area contributed by atoms with Gasteiger partial charge in [0.25, 0.3) is 11.8 Å². The molecule has 1 N–H and O–H groups in total. The molecule has 0 bridgehead atoms. The van der Waals surface area contributed by atoms with Gasteiger partial charge in [-0.25, -0.2) is 0 Å². The Morgan fingerprint density at radius 2 is 1.78 bits per heavy atom. The molecule has 0 unspecified atom stereocenters. The molecule has 1 saturated carbocycles. The average molecular weight is 492 g/mol. The lowest BCUT2D eigenvalue weighted by atomic mass is 9.89. The van der Waals surface area contributed by atoms with Crippen molar-refractivity contribution in [2.75, 3.05) is 7.05 Å². The maximum Gasteiger partial charge on any atom is 0.259 e. The highest BCUT2D eigenvalue weighted by atomic mass is 16.4.